The van der Waals surface area contributed by atoms with Crippen LogP contribution in [-0.2, 0) is 9.59 Å². The molecular formula is C23H33ClN4O2S. The second kappa shape index (κ2) is 12.8. The van der Waals surface area contributed by atoms with E-state index in [-0.39, 0.29) is 30.2 Å². The summed E-state index contributed by atoms with van der Waals surface area (Å²) in [5, 5.41) is 12.8. The van der Waals surface area contributed by atoms with Gasteiger partial charge in [-0.2, -0.15) is 0 Å². The van der Waals surface area contributed by atoms with Gasteiger partial charge in [0.2, 0.25) is 16.9 Å². The molecule has 2 amide bonds. The molecule has 0 unspecified atom stereocenters. The molecule has 0 aliphatic rings. The SMILES string of the molecule is CCCC[C@H](CC)C(=O)N(CCC(=O)Nc1nnc(-c2ccc(Cl)cc2)s1)[C@H](C)CC. The van der Waals surface area contributed by atoms with Gasteiger partial charge in [0, 0.05) is 35.5 Å². The first-order chi connectivity index (χ1) is 14.9. The molecule has 0 radical (unpaired) electrons. The van der Waals surface area contributed by atoms with Gasteiger partial charge in [-0.3, -0.25) is 9.59 Å². The molecule has 1 heterocycles. The van der Waals surface area contributed by atoms with E-state index in [4.69, 9.17) is 11.6 Å². The molecule has 6 nitrogen and oxygen atoms in total. The fourth-order valence-electron chi connectivity index (χ4n) is 3.34. The summed E-state index contributed by atoms with van der Waals surface area (Å²) in [6.45, 7) is 8.72. The van der Waals surface area contributed by atoms with Gasteiger partial charge in [0.05, 0.1) is 0 Å². The average molecular weight is 465 g/mol. The highest BCUT2D eigenvalue weighted by Gasteiger charge is 2.26. The van der Waals surface area contributed by atoms with Crippen LogP contribution in [0.5, 0.6) is 0 Å². The molecule has 170 valence electrons. The van der Waals surface area contributed by atoms with Crippen molar-refractivity contribution in [3.63, 3.8) is 0 Å². The maximum atomic E-state index is 13.1. The van der Waals surface area contributed by atoms with Crippen LogP contribution in [-0.4, -0.2) is 39.5 Å². The van der Waals surface area contributed by atoms with Gasteiger partial charge in [0.1, 0.15) is 5.01 Å². The molecule has 0 spiro atoms. The van der Waals surface area contributed by atoms with Crippen molar-refractivity contribution < 1.29 is 9.59 Å². The summed E-state index contributed by atoms with van der Waals surface area (Å²) < 4.78 is 0. The number of carbonyl (C=O) groups is 2. The zero-order chi connectivity index (χ0) is 22.8. The van der Waals surface area contributed by atoms with Gasteiger partial charge in [-0.15, -0.1) is 10.2 Å². The van der Waals surface area contributed by atoms with Gasteiger partial charge >= 0.3 is 0 Å². The van der Waals surface area contributed by atoms with Crippen LogP contribution in [0, 0.1) is 5.92 Å². The van der Waals surface area contributed by atoms with Gasteiger partial charge < -0.3 is 10.2 Å². The summed E-state index contributed by atoms with van der Waals surface area (Å²) in [4.78, 5) is 27.5. The Morgan fingerprint density at radius 3 is 2.45 bits per heavy atom. The molecule has 0 aliphatic carbocycles. The van der Waals surface area contributed by atoms with Crippen molar-refractivity contribution in [1.82, 2.24) is 15.1 Å². The van der Waals surface area contributed by atoms with Crippen LogP contribution in [0.4, 0.5) is 5.13 Å². The van der Waals surface area contributed by atoms with Crippen LogP contribution in [0.2, 0.25) is 5.02 Å². The minimum atomic E-state index is -0.165. The number of benzene rings is 1. The quantitative estimate of drug-likeness (QED) is 0.416. The first-order valence-electron chi connectivity index (χ1n) is 11.1. The predicted molar refractivity (Wildman–Crippen MR) is 128 cm³/mol. The summed E-state index contributed by atoms with van der Waals surface area (Å²) in [6.07, 6.45) is 4.95. The number of aromatic nitrogens is 2. The molecule has 2 rings (SSSR count). The molecule has 0 saturated carbocycles. The monoisotopic (exact) mass is 464 g/mol. The van der Waals surface area contributed by atoms with E-state index in [1.54, 1.807) is 12.1 Å². The zero-order valence-electron chi connectivity index (χ0n) is 18.9. The number of nitrogens with zero attached hydrogens (tertiary/aromatic N) is 3. The summed E-state index contributed by atoms with van der Waals surface area (Å²) in [5.74, 6) is 0.0302. The summed E-state index contributed by atoms with van der Waals surface area (Å²) in [5.41, 5.74) is 0.897. The summed E-state index contributed by atoms with van der Waals surface area (Å²) in [6, 6.07) is 7.43. The summed E-state index contributed by atoms with van der Waals surface area (Å²) in [7, 11) is 0. The lowest BCUT2D eigenvalue weighted by Gasteiger charge is -2.32. The van der Waals surface area contributed by atoms with Crippen molar-refractivity contribution in [3.05, 3.63) is 29.3 Å². The largest absolute Gasteiger partial charge is 0.339 e. The van der Waals surface area contributed by atoms with Gasteiger partial charge in [-0.25, -0.2) is 0 Å². The molecule has 0 fully saturated rings. The standard InChI is InChI=1S/C23H33ClN4O2S/c1-5-8-9-17(7-3)22(30)28(16(4)6-2)15-14-20(29)25-23-27-26-21(31-23)18-10-12-19(24)13-11-18/h10-13,16-17H,5-9,14-15H2,1-4H3,(H,25,27,29)/t16-,17+/m1/s1. The number of nitrogens with one attached hydrogen (secondary N) is 1. The third-order valence-electron chi connectivity index (χ3n) is 5.50. The van der Waals surface area contributed by atoms with Gasteiger partial charge in [-0.05, 0) is 38.3 Å². The fourth-order valence-corrected chi connectivity index (χ4v) is 4.23. The molecule has 1 aromatic heterocycles. The van der Waals surface area contributed by atoms with Crippen LogP contribution in [0.1, 0.15) is 66.2 Å². The Balaban J connectivity index is 1.96. The fraction of sp³-hybridized carbons (Fsp3) is 0.565. The first kappa shape index (κ1) is 25.3. The zero-order valence-corrected chi connectivity index (χ0v) is 20.4. The Morgan fingerprint density at radius 1 is 1.13 bits per heavy atom. The number of anilines is 1. The van der Waals surface area contributed by atoms with Crippen LogP contribution in [0.25, 0.3) is 10.6 Å². The molecule has 1 N–H and O–H groups in total. The Morgan fingerprint density at radius 2 is 1.84 bits per heavy atom. The molecule has 8 heteroatoms. The van der Waals surface area contributed by atoms with Crippen molar-refractivity contribution >= 4 is 39.9 Å². The number of rotatable bonds is 12. The van der Waals surface area contributed by atoms with E-state index >= 15 is 0 Å². The third-order valence-corrected chi connectivity index (χ3v) is 6.64. The van der Waals surface area contributed by atoms with E-state index in [9.17, 15) is 9.59 Å². The van der Waals surface area contributed by atoms with Crippen molar-refractivity contribution in [2.24, 2.45) is 5.92 Å². The van der Waals surface area contributed by atoms with Crippen LogP contribution >= 0.6 is 22.9 Å². The highest BCUT2D eigenvalue weighted by atomic mass is 35.5. The highest BCUT2D eigenvalue weighted by molar-refractivity contribution is 7.18. The Hall–Kier alpha value is -1.99. The van der Waals surface area contributed by atoms with E-state index in [1.165, 1.54) is 11.3 Å². The number of unbranched alkanes of at least 4 members (excludes halogenated alkanes) is 1. The first-order valence-corrected chi connectivity index (χ1v) is 12.3. The molecule has 2 atom stereocenters. The Labute approximate surface area is 194 Å². The van der Waals surface area contributed by atoms with Crippen molar-refractivity contribution in [2.75, 3.05) is 11.9 Å². The number of hydrogen-bond donors (Lipinski definition) is 1. The molecule has 0 bridgehead atoms. The molecule has 2 aromatic rings. The Bertz CT molecular complexity index is 840. The molecule has 0 aliphatic heterocycles. The normalized spacial score (nSPS) is 12.9. The molecule has 0 saturated heterocycles. The average Bonchev–Trinajstić information content (AvgIpc) is 3.22. The van der Waals surface area contributed by atoms with E-state index in [2.05, 4.69) is 36.3 Å². The predicted octanol–water partition coefficient (Wildman–Crippen LogP) is 6.03. The topological polar surface area (TPSA) is 75.2 Å². The van der Waals surface area contributed by atoms with Gasteiger partial charge in [0.15, 0.2) is 0 Å². The second-order valence-electron chi connectivity index (χ2n) is 7.75. The maximum Gasteiger partial charge on any atom is 0.227 e. The van der Waals surface area contributed by atoms with Crippen LogP contribution in [0.15, 0.2) is 24.3 Å². The van der Waals surface area contributed by atoms with Gasteiger partial charge in [0.25, 0.3) is 0 Å². The van der Waals surface area contributed by atoms with E-state index in [1.807, 2.05) is 24.0 Å². The molecule has 31 heavy (non-hydrogen) atoms. The van der Waals surface area contributed by atoms with E-state index < -0.39 is 0 Å². The minimum Gasteiger partial charge on any atom is -0.339 e. The van der Waals surface area contributed by atoms with Crippen LogP contribution < -0.4 is 5.32 Å². The van der Waals surface area contributed by atoms with E-state index in [0.717, 1.165) is 37.7 Å². The highest BCUT2D eigenvalue weighted by Crippen LogP contribution is 2.27. The smallest absolute Gasteiger partial charge is 0.227 e. The lowest BCUT2D eigenvalue weighted by molar-refractivity contribution is -0.138. The van der Waals surface area contributed by atoms with Crippen LogP contribution in [0.3, 0.4) is 0 Å². The summed E-state index contributed by atoms with van der Waals surface area (Å²) >= 11 is 7.24. The van der Waals surface area contributed by atoms with Gasteiger partial charge in [-0.1, -0.05) is 68.7 Å². The van der Waals surface area contributed by atoms with Crippen molar-refractivity contribution in [3.8, 4) is 10.6 Å². The maximum absolute atomic E-state index is 13.1. The number of halogens is 1. The number of carbonyl (C=O) groups excluding carboxylic acids is 2. The molecular weight excluding hydrogens is 432 g/mol. The Kier molecular flexibility index (Phi) is 10.4. The van der Waals surface area contributed by atoms with E-state index in [0.29, 0.717) is 21.7 Å². The minimum absolute atomic E-state index is 0.0297. The van der Waals surface area contributed by atoms with Crippen molar-refractivity contribution in [1.29, 1.82) is 0 Å². The number of amides is 2. The third kappa shape index (κ3) is 7.58. The lowest BCUT2D eigenvalue weighted by atomic mass is 9.96. The lowest BCUT2D eigenvalue weighted by Crippen LogP contribution is -2.43. The second-order valence-corrected chi connectivity index (χ2v) is 9.17. The number of hydrogen-bond acceptors (Lipinski definition) is 5. The molecule has 1 aromatic carbocycles. The van der Waals surface area contributed by atoms with Crippen molar-refractivity contribution in [2.45, 2.75) is 72.3 Å².